The lowest BCUT2D eigenvalue weighted by atomic mass is 10.3. The summed E-state index contributed by atoms with van der Waals surface area (Å²) in [6.07, 6.45) is -0.0223. The van der Waals surface area contributed by atoms with Gasteiger partial charge in [-0.25, -0.2) is 0 Å². The molecule has 0 aromatic heterocycles. The van der Waals surface area contributed by atoms with Crippen LogP contribution in [0, 0.1) is 0 Å². The first-order chi connectivity index (χ1) is 7.50. The lowest BCUT2D eigenvalue weighted by Gasteiger charge is -2.13. The van der Waals surface area contributed by atoms with Crippen LogP contribution in [0.2, 0.25) is 0 Å². The summed E-state index contributed by atoms with van der Waals surface area (Å²) in [5.74, 6) is -0.699. The topological polar surface area (TPSA) is 86.7 Å². The predicted molar refractivity (Wildman–Crippen MR) is 55.3 cm³/mol. The fourth-order valence-corrected chi connectivity index (χ4v) is 1.44. The summed E-state index contributed by atoms with van der Waals surface area (Å²) in [7, 11) is 0. The molecule has 0 radical (unpaired) electrons. The van der Waals surface area contributed by atoms with E-state index in [0.29, 0.717) is 0 Å². The molecule has 2 N–H and O–H groups in total. The maximum absolute atomic E-state index is 11.2. The van der Waals surface area contributed by atoms with Crippen molar-refractivity contribution in [1.82, 2.24) is 10.2 Å². The van der Waals surface area contributed by atoms with Crippen LogP contribution in [0.25, 0.3) is 0 Å². The molecule has 1 saturated heterocycles. The molecule has 0 aromatic carbocycles. The van der Waals surface area contributed by atoms with Crippen LogP contribution in [-0.4, -0.2) is 46.9 Å². The molecule has 1 atom stereocenters. The molecular weight excluding hydrogens is 212 g/mol. The van der Waals surface area contributed by atoms with Gasteiger partial charge in [0.25, 0.3) is 0 Å². The first-order valence-corrected chi connectivity index (χ1v) is 5.28. The third-order valence-electron chi connectivity index (χ3n) is 2.31. The van der Waals surface area contributed by atoms with Gasteiger partial charge in [-0.1, -0.05) is 0 Å². The van der Waals surface area contributed by atoms with E-state index in [2.05, 4.69) is 5.32 Å². The van der Waals surface area contributed by atoms with E-state index in [1.54, 1.807) is 6.92 Å². The highest BCUT2D eigenvalue weighted by molar-refractivity contribution is 6.02. The average molecular weight is 228 g/mol. The van der Waals surface area contributed by atoms with Gasteiger partial charge in [-0.3, -0.25) is 19.3 Å². The number of likely N-dealkylation sites (tertiary alicyclic amines) is 1. The average Bonchev–Trinajstić information content (AvgIpc) is 2.53. The minimum Gasteiger partial charge on any atom is -0.392 e. The van der Waals surface area contributed by atoms with Crippen molar-refractivity contribution in [3.8, 4) is 0 Å². The second kappa shape index (κ2) is 5.60. The van der Waals surface area contributed by atoms with Crippen LogP contribution in [0.3, 0.4) is 0 Å². The van der Waals surface area contributed by atoms with Gasteiger partial charge in [0, 0.05) is 32.4 Å². The largest absolute Gasteiger partial charge is 0.392 e. The maximum Gasteiger partial charge on any atom is 0.229 e. The fraction of sp³-hybridized carbons (Fsp3) is 0.700. The molecule has 90 valence electrons. The van der Waals surface area contributed by atoms with Gasteiger partial charge in [-0.2, -0.15) is 0 Å². The van der Waals surface area contributed by atoms with Gasteiger partial charge in [0.2, 0.25) is 17.7 Å². The van der Waals surface area contributed by atoms with Gasteiger partial charge in [0.15, 0.2) is 0 Å². The van der Waals surface area contributed by atoms with Crippen LogP contribution < -0.4 is 5.32 Å². The maximum atomic E-state index is 11.2. The number of nitrogens with zero attached hydrogens (tertiary/aromatic N) is 1. The molecule has 1 aliphatic rings. The van der Waals surface area contributed by atoms with Crippen molar-refractivity contribution < 1.29 is 19.5 Å². The minimum atomic E-state index is -0.598. The molecule has 16 heavy (non-hydrogen) atoms. The van der Waals surface area contributed by atoms with Crippen LogP contribution in [-0.2, 0) is 14.4 Å². The number of rotatable bonds is 5. The van der Waals surface area contributed by atoms with Crippen molar-refractivity contribution in [2.45, 2.75) is 32.3 Å². The highest BCUT2D eigenvalue weighted by Crippen LogP contribution is 2.11. The number of amides is 3. The smallest absolute Gasteiger partial charge is 0.229 e. The van der Waals surface area contributed by atoms with E-state index in [4.69, 9.17) is 5.11 Å². The molecule has 0 saturated carbocycles. The van der Waals surface area contributed by atoms with Crippen molar-refractivity contribution >= 4 is 17.7 Å². The van der Waals surface area contributed by atoms with E-state index in [9.17, 15) is 14.4 Å². The first kappa shape index (κ1) is 12.6. The summed E-state index contributed by atoms with van der Waals surface area (Å²) in [5.41, 5.74) is 0. The Morgan fingerprint density at radius 3 is 2.50 bits per heavy atom. The minimum absolute atomic E-state index is 0.0875. The Hall–Kier alpha value is -1.43. The summed E-state index contributed by atoms with van der Waals surface area (Å²) >= 11 is 0. The molecule has 1 rings (SSSR count). The van der Waals surface area contributed by atoms with E-state index in [-0.39, 0.29) is 50.1 Å². The Kier molecular flexibility index (Phi) is 4.42. The van der Waals surface area contributed by atoms with E-state index >= 15 is 0 Å². The third-order valence-corrected chi connectivity index (χ3v) is 2.31. The molecule has 0 unspecified atom stereocenters. The van der Waals surface area contributed by atoms with Crippen molar-refractivity contribution in [3.63, 3.8) is 0 Å². The van der Waals surface area contributed by atoms with Crippen LogP contribution in [0.4, 0.5) is 0 Å². The molecule has 6 nitrogen and oxygen atoms in total. The Labute approximate surface area is 93.6 Å². The van der Waals surface area contributed by atoms with Crippen LogP contribution in [0.5, 0.6) is 0 Å². The van der Waals surface area contributed by atoms with Crippen molar-refractivity contribution in [2.75, 3.05) is 13.1 Å². The zero-order valence-corrected chi connectivity index (χ0v) is 9.23. The quantitative estimate of drug-likeness (QED) is 0.592. The number of imide groups is 1. The lowest BCUT2D eigenvalue weighted by molar-refractivity contribution is -0.138. The standard InChI is InChI=1S/C10H16N2O4/c1-7(13)6-11-8(14)4-5-12-9(15)2-3-10(12)16/h7,13H,2-6H2,1H3,(H,11,14)/t7-/m1/s1. The van der Waals surface area contributed by atoms with Crippen molar-refractivity contribution in [2.24, 2.45) is 0 Å². The highest BCUT2D eigenvalue weighted by Gasteiger charge is 2.28. The van der Waals surface area contributed by atoms with Crippen LogP contribution in [0.1, 0.15) is 26.2 Å². The molecule has 0 bridgehead atoms. The van der Waals surface area contributed by atoms with Gasteiger partial charge in [0.1, 0.15) is 0 Å². The summed E-state index contributed by atoms with van der Waals surface area (Å²) in [6, 6.07) is 0. The van der Waals surface area contributed by atoms with E-state index in [1.165, 1.54) is 0 Å². The molecular formula is C10H16N2O4. The van der Waals surface area contributed by atoms with Crippen molar-refractivity contribution in [1.29, 1.82) is 0 Å². The lowest BCUT2D eigenvalue weighted by Crippen LogP contribution is -2.36. The van der Waals surface area contributed by atoms with E-state index in [0.717, 1.165) is 4.90 Å². The third kappa shape index (κ3) is 3.62. The number of aliphatic hydroxyl groups is 1. The van der Waals surface area contributed by atoms with Crippen LogP contribution in [0.15, 0.2) is 0 Å². The number of hydrogen-bond acceptors (Lipinski definition) is 4. The van der Waals surface area contributed by atoms with Gasteiger partial charge in [0.05, 0.1) is 6.10 Å². The zero-order valence-electron chi connectivity index (χ0n) is 9.23. The first-order valence-electron chi connectivity index (χ1n) is 5.28. The second-order valence-electron chi connectivity index (χ2n) is 3.84. The van der Waals surface area contributed by atoms with Gasteiger partial charge in [-0.15, -0.1) is 0 Å². The molecule has 6 heteroatoms. The van der Waals surface area contributed by atoms with Crippen molar-refractivity contribution in [3.05, 3.63) is 0 Å². The SMILES string of the molecule is C[C@@H](O)CNC(=O)CCN1C(=O)CCC1=O. The Morgan fingerprint density at radius 2 is 2.00 bits per heavy atom. The summed E-state index contributed by atoms with van der Waals surface area (Å²) in [5, 5.41) is 11.4. The highest BCUT2D eigenvalue weighted by atomic mass is 16.3. The van der Waals surface area contributed by atoms with E-state index in [1.807, 2.05) is 0 Å². The molecule has 0 spiro atoms. The molecule has 1 fully saturated rings. The Balaban J connectivity index is 2.26. The van der Waals surface area contributed by atoms with Gasteiger partial charge < -0.3 is 10.4 Å². The Morgan fingerprint density at radius 1 is 1.44 bits per heavy atom. The second-order valence-corrected chi connectivity index (χ2v) is 3.84. The molecule has 0 aliphatic carbocycles. The molecule has 0 aromatic rings. The summed E-state index contributed by atoms with van der Waals surface area (Å²) in [6.45, 7) is 1.87. The summed E-state index contributed by atoms with van der Waals surface area (Å²) in [4.78, 5) is 34.8. The molecule has 1 aliphatic heterocycles. The number of hydrogen-bond donors (Lipinski definition) is 2. The summed E-state index contributed by atoms with van der Waals surface area (Å²) < 4.78 is 0. The Bertz CT molecular complexity index is 285. The normalized spacial score (nSPS) is 17.8. The van der Waals surface area contributed by atoms with Gasteiger partial charge in [-0.05, 0) is 6.92 Å². The van der Waals surface area contributed by atoms with E-state index < -0.39 is 6.10 Å². The number of nitrogens with one attached hydrogen (secondary N) is 1. The predicted octanol–water partition coefficient (Wildman–Crippen LogP) is -0.978. The molecule has 1 heterocycles. The number of carbonyl (C=O) groups excluding carboxylic acids is 3. The zero-order chi connectivity index (χ0) is 12.1. The van der Waals surface area contributed by atoms with Gasteiger partial charge >= 0.3 is 0 Å². The van der Waals surface area contributed by atoms with Crippen LogP contribution >= 0.6 is 0 Å². The fourth-order valence-electron chi connectivity index (χ4n) is 1.44. The number of aliphatic hydroxyl groups excluding tert-OH is 1. The molecule has 3 amide bonds. The number of carbonyl (C=O) groups is 3. The monoisotopic (exact) mass is 228 g/mol.